The van der Waals surface area contributed by atoms with Gasteiger partial charge in [0.25, 0.3) is 0 Å². The monoisotopic (exact) mass is 328 g/mol. The number of sulfonamides is 1. The lowest BCUT2D eigenvalue weighted by Crippen LogP contribution is -2.26. The van der Waals surface area contributed by atoms with Gasteiger partial charge in [-0.2, -0.15) is 11.3 Å². The van der Waals surface area contributed by atoms with E-state index in [2.05, 4.69) is 4.72 Å². The van der Waals surface area contributed by atoms with Crippen molar-refractivity contribution in [2.75, 3.05) is 0 Å². The van der Waals surface area contributed by atoms with Crippen LogP contribution in [0.4, 0.5) is 0 Å². The standard InChI is InChI=1S/C13H16N2O4S2/c1-3-15-7-11(6-12(15)13(16)17)21(18,19)14-9(2)10-4-5-20-8-10/h4-9,14H,3H2,1-2H3,(H,16,17). The first-order valence-electron chi connectivity index (χ1n) is 6.33. The fraction of sp³-hybridized carbons (Fsp3) is 0.308. The van der Waals surface area contributed by atoms with Crippen LogP contribution in [0.15, 0.2) is 34.0 Å². The summed E-state index contributed by atoms with van der Waals surface area (Å²) in [4.78, 5) is 11.1. The zero-order valence-corrected chi connectivity index (χ0v) is 13.2. The van der Waals surface area contributed by atoms with Crippen molar-refractivity contribution in [3.8, 4) is 0 Å². The molecule has 8 heteroatoms. The van der Waals surface area contributed by atoms with Crippen LogP contribution in [0.2, 0.25) is 0 Å². The molecule has 2 rings (SSSR count). The molecular formula is C13H16N2O4S2. The second kappa shape index (κ2) is 6.00. The average molecular weight is 328 g/mol. The van der Waals surface area contributed by atoms with Crippen LogP contribution in [-0.4, -0.2) is 24.1 Å². The third-order valence-corrected chi connectivity index (χ3v) is 5.33. The van der Waals surface area contributed by atoms with Crippen LogP contribution in [0.5, 0.6) is 0 Å². The van der Waals surface area contributed by atoms with Crippen molar-refractivity contribution < 1.29 is 18.3 Å². The Bertz CT molecular complexity index is 732. The highest BCUT2D eigenvalue weighted by Gasteiger charge is 2.23. The van der Waals surface area contributed by atoms with Crippen molar-refractivity contribution >= 4 is 27.3 Å². The van der Waals surface area contributed by atoms with E-state index in [0.29, 0.717) is 6.54 Å². The minimum atomic E-state index is -3.76. The molecule has 6 nitrogen and oxygen atoms in total. The maximum absolute atomic E-state index is 12.3. The average Bonchev–Trinajstić information content (AvgIpc) is 3.07. The summed E-state index contributed by atoms with van der Waals surface area (Å²) in [6, 6.07) is 2.64. The molecule has 0 aromatic carbocycles. The van der Waals surface area contributed by atoms with E-state index in [1.54, 1.807) is 13.8 Å². The molecule has 0 amide bonds. The van der Waals surface area contributed by atoms with Gasteiger partial charge in [-0.1, -0.05) is 0 Å². The maximum atomic E-state index is 12.3. The van der Waals surface area contributed by atoms with Crippen LogP contribution < -0.4 is 4.72 Å². The smallest absolute Gasteiger partial charge is 0.352 e. The lowest BCUT2D eigenvalue weighted by molar-refractivity contribution is 0.0685. The number of rotatable bonds is 6. The number of aromatic carboxylic acids is 1. The van der Waals surface area contributed by atoms with Gasteiger partial charge in [-0.15, -0.1) is 0 Å². The van der Waals surface area contributed by atoms with Crippen LogP contribution >= 0.6 is 11.3 Å². The summed E-state index contributed by atoms with van der Waals surface area (Å²) in [7, 11) is -3.76. The van der Waals surface area contributed by atoms with E-state index in [4.69, 9.17) is 5.11 Å². The number of carboxylic acids is 1. The summed E-state index contributed by atoms with van der Waals surface area (Å²) >= 11 is 1.49. The molecule has 0 saturated heterocycles. The first-order valence-corrected chi connectivity index (χ1v) is 8.75. The minimum absolute atomic E-state index is 0.0381. The van der Waals surface area contributed by atoms with Gasteiger partial charge in [-0.3, -0.25) is 0 Å². The second-order valence-electron chi connectivity index (χ2n) is 4.55. The highest BCUT2D eigenvalue weighted by Crippen LogP contribution is 2.20. The molecule has 2 aromatic heterocycles. The van der Waals surface area contributed by atoms with Crippen molar-refractivity contribution in [2.45, 2.75) is 31.3 Å². The first-order chi connectivity index (χ1) is 9.85. The zero-order chi connectivity index (χ0) is 15.6. The Kier molecular flexibility index (Phi) is 4.50. The van der Waals surface area contributed by atoms with Crippen LogP contribution in [0, 0.1) is 0 Å². The lowest BCUT2D eigenvalue weighted by Gasteiger charge is -2.12. The SMILES string of the molecule is CCn1cc(S(=O)(=O)NC(C)c2ccsc2)cc1C(=O)O. The largest absolute Gasteiger partial charge is 0.477 e. The molecule has 0 aliphatic heterocycles. The molecule has 2 aromatic rings. The Morgan fingerprint density at radius 3 is 2.71 bits per heavy atom. The fourth-order valence-electron chi connectivity index (χ4n) is 1.96. The number of nitrogens with one attached hydrogen (secondary N) is 1. The number of thiophene rings is 1. The highest BCUT2D eigenvalue weighted by atomic mass is 32.2. The van der Waals surface area contributed by atoms with Crippen LogP contribution in [0.25, 0.3) is 0 Å². The van der Waals surface area contributed by atoms with Crippen molar-refractivity contribution in [2.24, 2.45) is 0 Å². The van der Waals surface area contributed by atoms with Crippen molar-refractivity contribution in [3.05, 3.63) is 40.3 Å². The predicted molar refractivity (Wildman–Crippen MR) is 80.1 cm³/mol. The van der Waals surface area contributed by atoms with E-state index in [-0.39, 0.29) is 16.6 Å². The number of hydrogen-bond acceptors (Lipinski definition) is 4. The number of carbonyl (C=O) groups is 1. The third kappa shape index (κ3) is 3.34. The minimum Gasteiger partial charge on any atom is -0.477 e. The lowest BCUT2D eigenvalue weighted by atomic mass is 10.2. The number of nitrogens with zero attached hydrogens (tertiary/aromatic N) is 1. The molecule has 21 heavy (non-hydrogen) atoms. The molecule has 1 unspecified atom stereocenters. The van der Waals surface area contributed by atoms with E-state index < -0.39 is 16.0 Å². The quantitative estimate of drug-likeness (QED) is 0.851. The topological polar surface area (TPSA) is 88.4 Å². The van der Waals surface area contributed by atoms with E-state index >= 15 is 0 Å². The van der Waals surface area contributed by atoms with Gasteiger partial charge in [-0.05, 0) is 42.3 Å². The summed E-state index contributed by atoms with van der Waals surface area (Å²) in [6.45, 7) is 3.88. The van der Waals surface area contributed by atoms with Gasteiger partial charge < -0.3 is 9.67 Å². The zero-order valence-electron chi connectivity index (χ0n) is 11.6. The molecule has 114 valence electrons. The number of aryl methyl sites for hydroxylation is 1. The Labute approximate surface area is 127 Å². The molecule has 0 bridgehead atoms. The Morgan fingerprint density at radius 1 is 1.52 bits per heavy atom. The number of aromatic nitrogens is 1. The van der Waals surface area contributed by atoms with Crippen molar-refractivity contribution in [1.29, 1.82) is 0 Å². The first kappa shape index (κ1) is 15.7. The van der Waals surface area contributed by atoms with E-state index in [1.165, 1.54) is 28.2 Å². The maximum Gasteiger partial charge on any atom is 0.352 e. The summed E-state index contributed by atoms with van der Waals surface area (Å²) in [5.74, 6) is -1.15. The molecule has 0 aliphatic rings. The normalized spacial score (nSPS) is 13.2. The van der Waals surface area contributed by atoms with Gasteiger partial charge in [0, 0.05) is 18.8 Å². The summed E-state index contributed by atoms with van der Waals surface area (Å²) in [6.07, 6.45) is 1.34. The predicted octanol–water partition coefficient (Wildman–Crippen LogP) is 2.31. The molecule has 1 atom stereocenters. The molecule has 0 saturated carbocycles. The molecule has 2 heterocycles. The third-order valence-electron chi connectivity index (χ3n) is 3.12. The van der Waals surface area contributed by atoms with Gasteiger partial charge >= 0.3 is 5.97 Å². The summed E-state index contributed by atoms with van der Waals surface area (Å²) in [5.41, 5.74) is 0.831. The van der Waals surface area contributed by atoms with Gasteiger partial charge in [0.15, 0.2) is 0 Å². The van der Waals surface area contributed by atoms with E-state index in [9.17, 15) is 13.2 Å². The van der Waals surface area contributed by atoms with E-state index in [0.717, 1.165) is 5.56 Å². The molecule has 0 radical (unpaired) electrons. The van der Waals surface area contributed by atoms with Crippen LogP contribution in [0.1, 0.15) is 35.9 Å². The van der Waals surface area contributed by atoms with Crippen LogP contribution in [0.3, 0.4) is 0 Å². The number of carboxylic acid groups (broad SMARTS) is 1. The molecule has 0 spiro atoms. The second-order valence-corrected chi connectivity index (χ2v) is 7.05. The molecule has 2 N–H and O–H groups in total. The summed E-state index contributed by atoms with van der Waals surface area (Å²) < 4.78 is 28.6. The fourth-order valence-corrected chi connectivity index (χ4v) is 3.99. The molecule has 0 fully saturated rings. The van der Waals surface area contributed by atoms with Gasteiger partial charge in [0.05, 0.1) is 0 Å². The molecule has 0 aliphatic carbocycles. The van der Waals surface area contributed by atoms with E-state index in [1.807, 2.05) is 16.8 Å². The van der Waals surface area contributed by atoms with Crippen molar-refractivity contribution in [1.82, 2.24) is 9.29 Å². The summed E-state index contributed by atoms with van der Waals surface area (Å²) in [5, 5.41) is 12.8. The Morgan fingerprint density at radius 2 is 2.24 bits per heavy atom. The van der Waals surface area contributed by atoms with Gasteiger partial charge in [0.1, 0.15) is 10.6 Å². The Hall–Kier alpha value is -1.64. The number of hydrogen-bond donors (Lipinski definition) is 2. The van der Waals surface area contributed by atoms with Crippen molar-refractivity contribution in [3.63, 3.8) is 0 Å². The van der Waals surface area contributed by atoms with Gasteiger partial charge in [0.2, 0.25) is 10.0 Å². The molecular weight excluding hydrogens is 312 g/mol. The Balaban J connectivity index is 2.29. The highest BCUT2D eigenvalue weighted by molar-refractivity contribution is 7.89. The van der Waals surface area contributed by atoms with Gasteiger partial charge in [-0.25, -0.2) is 17.9 Å². The van der Waals surface area contributed by atoms with Crippen LogP contribution in [-0.2, 0) is 16.6 Å².